The molecule has 22 atom stereocenters. The highest BCUT2D eigenvalue weighted by molar-refractivity contribution is 6.21. The van der Waals surface area contributed by atoms with Crippen LogP contribution in [0.4, 0.5) is 4.79 Å². The molecule has 462 valence electrons. The van der Waals surface area contributed by atoms with Crippen molar-refractivity contribution < 1.29 is 92.7 Å². The lowest BCUT2D eigenvalue weighted by molar-refractivity contribution is -0.500. The third kappa shape index (κ3) is 12.6. The summed E-state index contributed by atoms with van der Waals surface area (Å²) in [4.78, 5) is 57.2. The molecule has 7 heterocycles. The SMILES string of the molecule is CCCCCCN1C(=O)C2C(=NC=[N+]2C)N(C)C1=O.C[C@@H]1O[C@@H](O[C@H]2CC[C@@]3(C)[C@H](CC[C@@H]4[C@@H]3C[C@@H](O)[C@]3(C)[C@@H](C5=CC(=O)OC5)CC[C@]43O)C2)C[C@H](O)C1O[C@H]1C[C@H](O)[C@H](O[C@H]2C[C@H](O)[C@H](O)[C@@H](C)O2)[C@@H](C)O1.O=C(O)c1cccnc1. The van der Waals surface area contributed by atoms with Gasteiger partial charge in [0.1, 0.15) is 24.9 Å². The van der Waals surface area contributed by atoms with Crippen LogP contribution < -0.4 is 0 Å². The fraction of sp³-hybridized carbons (Fsp3) is 0.783. The first kappa shape index (κ1) is 63.1. The number of aliphatic hydroxyl groups excluding tert-OH is 5. The Morgan fingerprint density at radius 3 is 2.04 bits per heavy atom. The van der Waals surface area contributed by atoms with Gasteiger partial charge in [-0.25, -0.2) is 19.0 Å². The standard InChI is InChI=1S/C41H64O14.C13H21N4O2.C6H5NO2/c1-19-36(47)28(42)15-34(50-19)54-38-21(3)52-35(17-30(38)44)55-37-20(2)51-33(16-29(37)43)53-24-8-10-39(4)23(13-24)6-7-26-27(39)14-31(45)40(5)25(9-11-41(26,40)48)22-12-32(46)49-18-22;1-4-5-6-7-8-17-12(18)10-11(14-9-15(10)2)16(3)13(17)19;8-6(9)5-2-1-3-7-4-5/h12,19-21,23-31,33-38,42-45,47-48H,6-11,13-18H2,1-5H3;9-10H,4-8H2,1-3H3;1-4H,(H,8,9)/q;+1;/t19-,20+,21-,23-,24+,25-,26-,27+,28+,29+,30+,31-,33+,34+,35+,36-,37?,38-,39+,40+,41+;;/m1../s1. The quantitative estimate of drug-likeness (QED) is 0.0637. The first-order valence-electron chi connectivity index (χ1n) is 30.2. The number of carbonyl (C=O) groups is 4. The van der Waals surface area contributed by atoms with Crippen molar-refractivity contribution >= 4 is 36.1 Å². The Labute approximate surface area is 486 Å². The van der Waals surface area contributed by atoms with E-state index >= 15 is 0 Å². The zero-order chi connectivity index (χ0) is 59.9. The number of likely N-dealkylation sites (N-methyl/N-ethyl adjacent to an activating group) is 2. The van der Waals surface area contributed by atoms with E-state index in [1.54, 1.807) is 51.0 Å². The Balaban J connectivity index is 0.000000241. The number of carboxylic acids is 1. The maximum Gasteiger partial charge on any atom is 0.337 e. The number of nitrogens with zero attached hydrogens (tertiary/aromatic N) is 5. The Kier molecular flexibility index (Phi) is 19.7. The number of hydrogen-bond donors (Lipinski definition) is 7. The van der Waals surface area contributed by atoms with E-state index < -0.39 is 103 Å². The number of imide groups is 1. The normalized spacial score (nSPS) is 42.9. The summed E-state index contributed by atoms with van der Waals surface area (Å²) < 4.78 is 43.8. The number of aliphatic imine (C=N–C) groups is 1. The fourth-order valence-electron chi connectivity index (χ4n) is 15.7. The van der Waals surface area contributed by atoms with E-state index in [1.165, 1.54) is 28.3 Å². The van der Waals surface area contributed by atoms with Crippen LogP contribution in [0.3, 0.4) is 0 Å². The molecule has 11 rings (SSSR count). The van der Waals surface area contributed by atoms with Crippen LogP contribution in [-0.2, 0) is 42.7 Å². The van der Waals surface area contributed by atoms with Crippen LogP contribution in [-0.4, -0.2) is 216 Å². The summed E-state index contributed by atoms with van der Waals surface area (Å²) in [6, 6.07) is 2.38. The van der Waals surface area contributed by atoms with Crippen LogP contribution in [0, 0.1) is 34.5 Å². The van der Waals surface area contributed by atoms with Gasteiger partial charge in [0.25, 0.3) is 24.1 Å². The summed E-state index contributed by atoms with van der Waals surface area (Å²) in [5.74, 6) is -0.365. The van der Waals surface area contributed by atoms with Gasteiger partial charge in [0.15, 0.2) is 18.9 Å². The van der Waals surface area contributed by atoms with E-state index in [-0.39, 0.29) is 78.6 Å². The molecule has 23 heteroatoms. The van der Waals surface area contributed by atoms with Crippen molar-refractivity contribution in [2.75, 3.05) is 27.2 Å². The molecule has 1 aromatic heterocycles. The molecule has 4 aliphatic carbocycles. The van der Waals surface area contributed by atoms with Gasteiger partial charge in [-0.15, -0.1) is 0 Å². The number of aromatic nitrogens is 1. The molecule has 4 saturated heterocycles. The predicted molar refractivity (Wildman–Crippen MR) is 296 cm³/mol. The summed E-state index contributed by atoms with van der Waals surface area (Å²) in [7, 11) is 3.48. The van der Waals surface area contributed by atoms with E-state index in [2.05, 4.69) is 23.8 Å². The van der Waals surface area contributed by atoms with Gasteiger partial charge in [0.05, 0.1) is 67.0 Å². The number of carboxylic acid groups (broad SMARTS) is 1. The molecule has 8 fully saturated rings. The highest BCUT2D eigenvalue weighted by atomic mass is 16.7. The second-order valence-electron chi connectivity index (χ2n) is 25.4. The van der Waals surface area contributed by atoms with Crippen molar-refractivity contribution in [2.24, 2.45) is 39.5 Å². The Morgan fingerprint density at radius 1 is 0.807 bits per heavy atom. The van der Waals surface area contributed by atoms with Crippen LogP contribution in [0.5, 0.6) is 0 Å². The van der Waals surface area contributed by atoms with Crippen LogP contribution in [0.15, 0.2) is 41.2 Å². The van der Waals surface area contributed by atoms with Crippen molar-refractivity contribution in [3.05, 3.63) is 41.7 Å². The molecule has 1 aromatic rings. The van der Waals surface area contributed by atoms with Gasteiger partial charge < -0.3 is 68.9 Å². The predicted octanol–water partition coefficient (Wildman–Crippen LogP) is 3.91. The van der Waals surface area contributed by atoms with Gasteiger partial charge in [0.2, 0.25) is 0 Å². The number of fused-ring (bicyclic) bond motifs is 6. The molecular weight excluding hydrogens is 1080 g/mol. The Bertz CT molecular complexity index is 2540. The smallest absolute Gasteiger partial charge is 0.337 e. The lowest BCUT2D eigenvalue weighted by Crippen LogP contribution is -2.67. The Morgan fingerprint density at radius 2 is 1.46 bits per heavy atom. The van der Waals surface area contributed by atoms with Gasteiger partial charge in [-0.1, -0.05) is 40.0 Å². The van der Waals surface area contributed by atoms with Crippen molar-refractivity contribution in [2.45, 2.75) is 236 Å². The molecule has 4 saturated carbocycles. The minimum Gasteiger partial charge on any atom is -0.478 e. The largest absolute Gasteiger partial charge is 0.478 e. The van der Waals surface area contributed by atoms with Crippen molar-refractivity contribution in [3.63, 3.8) is 0 Å². The molecule has 0 bridgehead atoms. The second-order valence-corrected chi connectivity index (χ2v) is 25.4. The third-order valence-electron chi connectivity index (χ3n) is 20.5. The van der Waals surface area contributed by atoms with E-state index in [1.807, 2.05) is 13.8 Å². The van der Waals surface area contributed by atoms with Crippen molar-refractivity contribution in [1.29, 1.82) is 0 Å². The van der Waals surface area contributed by atoms with E-state index in [4.69, 9.17) is 38.3 Å². The minimum atomic E-state index is -1.01. The summed E-state index contributed by atoms with van der Waals surface area (Å²) in [6.07, 6.45) is 7.12. The molecule has 7 N–H and O–H groups in total. The fourth-order valence-corrected chi connectivity index (χ4v) is 15.7. The number of amidine groups is 1. The van der Waals surface area contributed by atoms with Crippen LogP contribution in [0.1, 0.15) is 148 Å². The number of aromatic carboxylic acids is 1. The molecule has 2 unspecified atom stereocenters. The number of hydrogen-bond acceptors (Lipinski definition) is 19. The summed E-state index contributed by atoms with van der Waals surface area (Å²) in [6.45, 7) is 12.5. The lowest BCUT2D eigenvalue weighted by atomic mass is 9.42. The number of aliphatic hydroxyl groups is 6. The maximum absolute atomic E-state index is 12.6. The zero-order valence-electron chi connectivity index (χ0n) is 49.3. The van der Waals surface area contributed by atoms with E-state index in [9.17, 15) is 49.8 Å². The van der Waals surface area contributed by atoms with Gasteiger partial charge in [-0.2, -0.15) is 0 Å². The topological polar surface area (TPSA) is 309 Å². The molecule has 0 spiro atoms. The van der Waals surface area contributed by atoms with Crippen LogP contribution >= 0.6 is 0 Å². The second kappa shape index (κ2) is 25.9. The zero-order valence-corrected chi connectivity index (χ0v) is 49.3. The number of unbranched alkanes of at least 4 members (excludes halogenated alkanes) is 3. The molecule has 3 amide bonds. The van der Waals surface area contributed by atoms with Crippen LogP contribution in [0.2, 0.25) is 0 Å². The summed E-state index contributed by atoms with van der Waals surface area (Å²) >= 11 is 0. The van der Waals surface area contributed by atoms with Crippen molar-refractivity contribution in [3.8, 4) is 0 Å². The number of carbonyl (C=O) groups excluding carboxylic acids is 3. The summed E-state index contributed by atoms with van der Waals surface area (Å²) in [5.41, 5.74) is -0.672. The van der Waals surface area contributed by atoms with Gasteiger partial charge in [-0.05, 0) is 130 Å². The third-order valence-corrected chi connectivity index (χ3v) is 20.5. The number of ether oxygens (including phenoxy) is 7. The van der Waals surface area contributed by atoms with Crippen LogP contribution in [0.25, 0.3) is 0 Å². The van der Waals surface area contributed by atoms with Gasteiger partial charge >= 0.3 is 18.0 Å². The van der Waals surface area contributed by atoms with Gasteiger partial charge in [0, 0.05) is 56.7 Å². The number of rotatable bonds is 13. The molecule has 23 nitrogen and oxygen atoms in total. The first-order valence-corrected chi connectivity index (χ1v) is 30.2. The van der Waals surface area contributed by atoms with E-state index in [0.717, 1.165) is 69.8 Å². The maximum atomic E-state index is 12.6. The lowest BCUT2D eigenvalue weighted by Gasteiger charge is -2.65. The van der Waals surface area contributed by atoms with Gasteiger partial charge in [-0.3, -0.25) is 19.6 Å². The molecule has 83 heavy (non-hydrogen) atoms. The molecule has 10 aliphatic rings. The molecule has 0 radical (unpaired) electrons. The average Bonchev–Trinajstić information content (AvgIpc) is 2.30. The van der Waals surface area contributed by atoms with Crippen molar-refractivity contribution in [1.82, 2.24) is 14.8 Å². The number of urea groups is 1. The molecule has 0 aromatic carbocycles. The Hall–Kier alpha value is -4.37. The monoisotopic (exact) mass is 1170 g/mol. The number of pyridine rings is 1. The summed E-state index contributed by atoms with van der Waals surface area (Å²) in [5, 5.41) is 75.2. The van der Waals surface area contributed by atoms with E-state index in [0.29, 0.717) is 31.1 Å². The average molecular weight is 1170 g/mol. The molecular formula is C60H90N5O18+. The minimum absolute atomic E-state index is 0.0452. The molecule has 6 aliphatic heterocycles. The highest BCUT2D eigenvalue weighted by Crippen LogP contribution is 2.70. The number of amides is 3. The number of cyclic esters (lactones) is 1. The first-order chi connectivity index (χ1) is 39.4. The highest BCUT2D eigenvalue weighted by Gasteiger charge is 2.71. The number of esters is 1.